The fraction of sp³-hybridized carbons (Fsp3) is 0.467. The van der Waals surface area contributed by atoms with Crippen molar-refractivity contribution in [2.24, 2.45) is 23.5 Å². The molecule has 1 aromatic carbocycles. The maximum atomic E-state index is 14.5. The maximum absolute atomic E-state index is 14.5. The molecule has 2 saturated heterocycles. The standard InChI is InChI=1S/C15H17FN4O4/c16-11-3-7(20-6-12(14(17)21)23-15(20)22)1-2-8(11)13-9-4-19(24-18)5-10(9)13/h1-3,9-10,12-13H,4-6,18H2,(H2,17,21)/t9-,10+,12-,13?/m1/s1. The summed E-state index contributed by atoms with van der Waals surface area (Å²) in [5.74, 6) is 4.86. The second kappa shape index (κ2) is 5.40. The summed E-state index contributed by atoms with van der Waals surface area (Å²) in [5, 5.41) is 1.67. The Morgan fingerprint density at radius 3 is 2.54 bits per heavy atom. The van der Waals surface area contributed by atoms with E-state index in [2.05, 4.69) is 0 Å². The van der Waals surface area contributed by atoms with E-state index in [-0.39, 0.29) is 18.3 Å². The second-order valence-corrected chi connectivity index (χ2v) is 6.40. The average molecular weight is 336 g/mol. The molecular weight excluding hydrogens is 319 g/mol. The van der Waals surface area contributed by atoms with Gasteiger partial charge in [-0.1, -0.05) is 6.07 Å². The number of ether oxygens (including phenoxy) is 1. The molecule has 1 saturated carbocycles. The normalized spacial score (nSPS) is 31.9. The van der Waals surface area contributed by atoms with Gasteiger partial charge in [0.05, 0.1) is 12.2 Å². The SMILES string of the molecule is NON1C[C@@H]2C(c3ccc(N4C[C@H](C(N)=O)OC4=O)cc3F)[C@@H]2C1. The van der Waals surface area contributed by atoms with E-state index in [1.54, 1.807) is 17.2 Å². The van der Waals surface area contributed by atoms with Crippen molar-refractivity contribution in [3.8, 4) is 0 Å². The number of anilines is 1. The number of fused-ring (bicyclic) bond motifs is 1. The summed E-state index contributed by atoms with van der Waals surface area (Å²) in [6.45, 7) is 1.36. The van der Waals surface area contributed by atoms with E-state index in [4.69, 9.17) is 21.3 Å². The van der Waals surface area contributed by atoms with Crippen molar-refractivity contribution in [2.45, 2.75) is 12.0 Å². The number of rotatable bonds is 4. The fourth-order valence-electron chi connectivity index (χ4n) is 3.81. The topological polar surface area (TPSA) is 111 Å². The molecule has 0 aromatic heterocycles. The Balaban J connectivity index is 1.50. The molecule has 0 bridgehead atoms. The highest BCUT2D eigenvalue weighted by atomic mass is 19.1. The molecule has 2 amide bonds. The minimum absolute atomic E-state index is 0.00949. The second-order valence-electron chi connectivity index (χ2n) is 6.40. The number of carbonyl (C=O) groups is 2. The predicted molar refractivity (Wildman–Crippen MR) is 79.8 cm³/mol. The van der Waals surface area contributed by atoms with Crippen LogP contribution in [0.25, 0.3) is 0 Å². The minimum Gasteiger partial charge on any atom is -0.434 e. The van der Waals surface area contributed by atoms with Crippen LogP contribution in [0.4, 0.5) is 14.9 Å². The smallest absolute Gasteiger partial charge is 0.415 e. The quantitative estimate of drug-likeness (QED) is 0.754. The summed E-state index contributed by atoms with van der Waals surface area (Å²) in [6, 6.07) is 4.64. The summed E-state index contributed by atoms with van der Waals surface area (Å²) in [4.78, 5) is 28.8. The summed E-state index contributed by atoms with van der Waals surface area (Å²) in [7, 11) is 0. The molecular formula is C15H17FN4O4. The summed E-state index contributed by atoms with van der Waals surface area (Å²) >= 11 is 0. The van der Waals surface area contributed by atoms with Crippen molar-refractivity contribution in [3.63, 3.8) is 0 Å². The Morgan fingerprint density at radius 2 is 2.00 bits per heavy atom. The number of benzene rings is 1. The van der Waals surface area contributed by atoms with Crippen molar-refractivity contribution in [1.82, 2.24) is 5.06 Å². The molecule has 2 heterocycles. The largest absolute Gasteiger partial charge is 0.434 e. The predicted octanol–water partition coefficient (Wildman–Crippen LogP) is 0.0867. The third kappa shape index (κ3) is 2.32. The zero-order valence-corrected chi connectivity index (χ0v) is 12.7. The van der Waals surface area contributed by atoms with Gasteiger partial charge in [-0.15, -0.1) is 0 Å². The van der Waals surface area contributed by atoms with E-state index in [1.165, 1.54) is 11.0 Å². The molecule has 4 atom stereocenters. The van der Waals surface area contributed by atoms with Gasteiger partial charge in [-0.3, -0.25) is 9.69 Å². The highest BCUT2D eigenvalue weighted by Gasteiger charge is 2.57. The molecule has 0 radical (unpaired) electrons. The van der Waals surface area contributed by atoms with Gasteiger partial charge in [0.2, 0.25) is 0 Å². The highest BCUT2D eigenvalue weighted by molar-refractivity contribution is 5.95. The van der Waals surface area contributed by atoms with Crippen LogP contribution in [0.1, 0.15) is 11.5 Å². The van der Waals surface area contributed by atoms with Gasteiger partial charge in [-0.25, -0.2) is 14.1 Å². The van der Waals surface area contributed by atoms with Crippen LogP contribution in [0.3, 0.4) is 0 Å². The molecule has 2 aliphatic heterocycles. The van der Waals surface area contributed by atoms with Crippen LogP contribution in [0, 0.1) is 17.7 Å². The molecule has 4 rings (SSSR count). The van der Waals surface area contributed by atoms with Crippen LogP contribution < -0.4 is 16.5 Å². The van der Waals surface area contributed by atoms with Crippen LogP contribution in [0.5, 0.6) is 0 Å². The number of carbonyl (C=O) groups excluding carboxylic acids is 2. The number of hydrogen-bond acceptors (Lipinski definition) is 6. The third-order valence-corrected chi connectivity index (χ3v) is 5.09. The molecule has 3 aliphatic rings. The van der Waals surface area contributed by atoms with Crippen molar-refractivity contribution in [2.75, 3.05) is 24.5 Å². The van der Waals surface area contributed by atoms with Crippen LogP contribution in [-0.4, -0.2) is 42.8 Å². The van der Waals surface area contributed by atoms with E-state index >= 15 is 0 Å². The molecule has 4 N–H and O–H groups in total. The van der Waals surface area contributed by atoms with E-state index < -0.39 is 18.1 Å². The Hall–Kier alpha value is -2.23. The molecule has 128 valence electrons. The maximum Gasteiger partial charge on any atom is 0.415 e. The van der Waals surface area contributed by atoms with Crippen LogP contribution in [0.15, 0.2) is 18.2 Å². The first-order chi connectivity index (χ1) is 11.5. The Labute approximate surface area is 137 Å². The number of cyclic esters (lactones) is 1. The molecule has 9 heteroatoms. The Bertz CT molecular complexity index is 703. The van der Waals surface area contributed by atoms with Crippen LogP contribution >= 0.6 is 0 Å². The number of nitrogens with two attached hydrogens (primary N) is 2. The van der Waals surface area contributed by atoms with E-state index in [0.717, 1.165) is 0 Å². The van der Waals surface area contributed by atoms with Crippen molar-refractivity contribution >= 4 is 17.7 Å². The number of primary amides is 1. The van der Waals surface area contributed by atoms with Gasteiger partial charge in [0, 0.05) is 13.1 Å². The molecule has 1 aromatic rings. The van der Waals surface area contributed by atoms with Gasteiger partial charge in [0.15, 0.2) is 6.10 Å². The molecule has 24 heavy (non-hydrogen) atoms. The molecule has 3 fully saturated rings. The Kier molecular flexibility index (Phi) is 3.44. The molecule has 8 nitrogen and oxygen atoms in total. The summed E-state index contributed by atoms with van der Waals surface area (Å²) in [6.07, 6.45) is -1.71. The molecule has 1 unspecified atom stereocenters. The first-order valence-corrected chi connectivity index (χ1v) is 7.68. The first-order valence-electron chi connectivity index (χ1n) is 7.68. The number of halogens is 1. The van der Waals surface area contributed by atoms with E-state index in [9.17, 15) is 14.0 Å². The number of amides is 2. The van der Waals surface area contributed by atoms with Crippen molar-refractivity contribution in [3.05, 3.63) is 29.6 Å². The zero-order valence-electron chi connectivity index (χ0n) is 12.7. The fourth-order valence-corrected chi connectivity index (χ4v) is 3.81. The highest BCUT2D eigenvalue weighted by Crippen LogP contribution is 2.58. The number of piperidine rings is 1. The lowest BCUT2D eigenvalue weighted by atomic mass is 10.1. The van der Waals surface area contributed by atoms with Gasteiger partial charge in [-0.05, 0) is 35.4 Å². The molecule has 1 aliphatic carbocycles. The third-order valence-electron chi connectivity index (χ3n) is 5.09. The van der Waals surface area contributed by atoms with Gasteiger partial charge >= 0.3 is 6.09 Å². The summed E-state index contributed by atoms with van der Waals surface area (Å²) in [5.41, 5.74) is 6.12. The number of nitrogens with zero attached hydrogens (tertiary/aromatic N) is 2. The van der Waals surface area contributed by atoms with Crippen LogP contribution in [-0.2, 0) is 14.5 Å². The van der Waals surface area contributed by atoms with Gasteiger partial charge in [0.25, 0.3) is 5.91 Å². The Morgan fingerprint density at radius 1 is 1.29 bits per heavy atom. The monoisotopic (exact) mass is 336 g/mol. The van der Waals surface area contributed by atoms with Gasteiger partial charge < -0.3 is 10.5 Å². The zero-order chi connectivity index (χ0) is 17.0. The first kappa shape index (κ1) is 15.3. The van der Waals surface area contributed by atoms with Gasteiger partial charge in [0.1, 0.15) is 5.82 Å². The number of hydrogen-bond donors (Lipinski definition) is 2. The van der Waals surface area contributed by atoms with Crippen molar-refractivity contribution < 1.29 is 23.7 Å². The molecule has 0 spiro atoms. The van der Waals surface area contributed by atoms with Gasteiger partial charge in [-0.2, -0.15) is 11.0 Å². The lowest BCUT2D eigenvalue weighted by molar-refractivity contribution is -0.155. The van der Waals surface area contributed by atoms with E-state index in [1.807, 2.05) is 0 Å². The summed E-state index contributed by atoms with van der Waals surface area (Å²) < 4.78 is 19.4. The number of hydroxylamine groups is 2. The van der Waals surface area contributed by atoms with Crippen molar-refractivity contribution in [1.29, 1.82) is 0 Å². The average Bonchev–Trinajstić information content (AvgIpc) is 2.90. The van der Waals surface area contributed by atoms with E-state index in [0.29, 0.717) is 36.2 Å². The lowest BCUT2D eigenvalue weighted by Gasteiger charge is -2.17. The lowest BCUT2D eigenvalue weighted by Crippen LogP contribution is -2.32. The minimum atomic E-state index is -1.01. The van der Waals surface area contributed by atoms with Crippen LogP contribution in [0.2, 0.25) is 0 Å².